The van der Waals surface area contributed by atoms with Gasteiger partial charge in [-0.05, 0) is 0 Å². The van der Waals surface area contributed by atoms with E-state index in [9.17, 15) is 0 Å². The topological polar surface area (TPSA) is 0 Å². The van der Waals surface area contributed by atoms with Crippen molar-refractivity contribution in [1.29, 1.82) is 0 Å². The Balaban J connectivity index is 0.000000490. The molecule has 0 unspecified atom stereocenters. The summed E-state index contributed by atoms with van der Waals surface area (Å²) < 4.78 is 0. The monoisotopic (exact) mass is 298 g/mol. The molecule has 0 aliphatic carbocycles. The van der Waals surface area contributed by atoms with Crippen molar-refractivity contribution in [3.63, 3.8) is 0 Å². The maximum absolute atomic E-state index is 5.52. The second-order valence-electron chi connectivity index (χ2n) is 1.22. The van der Waals surface area contributed by atoms with Crippen molar-refractivity contribution in [2.24, 2.45) is 0 Å². The maximum atomic E-state index is 5.52. The van der Waals surface area contributed by atoms with Crippen molar-refractivity contribution in [1.82, 2.24) is 0 Å². The molecule has 0 N–H and O–H groups in total. The molecule has 43 valence electrons. The summed E-state index contributed by atoms with van der Waals surface area (Å²) in [7, 11) is 0. The molecular formula is C6H4ClRe-. The molecule has 0 saturated carbocycles. The van der Waals surface area contributed by atoms with Crippen LogP contribution in [0.2, 0.25) is 5.02 Å². The molecule has 1 aromatic carbocycles. The number of rotatable bonds is 0. The van der Waals surface area contributed by atoms with E-state index >= 15 is 0 Å². The standard InChI is InChI=1S/C6H4Cl.Re/c7-6-4-2-1-3-5-6;/h2-5H;/q-1;. The SMILES string of the molecule is Clc1cc[c-]cc1.[Re]. The molecule has 0 heterocycles. The van der Waals surface area contributed by atoms with E-state index in [2.05, 4.69) is 6.07 Å². The number of benzene rings is 1. The zero-order valence-corrected chi connectivity index (χ0v) is 7.54. The van der Waals surface area contributed by atoms with Crippen LogP contribution in [0.3, 0.4) is 0 Å². The summed E-state index contributed by atoms with van der Waals surface area (Å²) in [6, 6.07) is 10.00. The summed E-state index contributed by atoms with van der Waals surface area (Å²) >= 11 is 5.52. The molecule has 2 heteroatoms. The van der Waals surface area contributed by atoms with Gasteiger partial charge in [0.1, 0.15) is 0 Å². The third-order valence-electron chi connectivity index (χ3n) is 0.678. The van der Waals surface area contributed by atoms with Gasteiger partial charge in [0, 0.05) is 20.4 Å². The molecule has 0 fully saturated rings. The third-order valence-corrected chi connectivity index (χ3v) is 0.930. The van der Waals surface area contributed by atoms with E-state index in [4.69, 9.17) is 11.6 Å². The van der Waals surface area contributed by atoms with Crippen LogP contribution in [0.15, 0.2) is 24.3 Å². The number of halogens is 1. The maximum Gasteiger partial charge on any atom is 0 e. The van der Waals surface area contributed by atoms with Crippen LogP contribution >= 0.6 is 11.6 Å². The van der Waals surface area contributed by atoms with Crippen LogP contribution in [0.1, 0.15) is 0 Å². The Labute approximate surface area is 67.5 Å². The first-order chi connectivity index (χ1) is 3.39. The van der Waals surface area contributed by atoms with Gasteiger partial charge < -0.3 is 0 Å². The summed E-state index contributed by atoms with van der Waals surface area (Å²) in [6.07, 6.45) is 0. The first-order valence-corrected chi connectivity index (χ1v) is 2.39. The van der Waals surface area contributed by atoms with Gasteiger partial charge in [0.05, 0.1) is 0 Å². The van der Waals surface area contributed by atoms with E-state index in [1.807, 2.05) is 0 Å². The first kappa shape index (κ1) is 8.17. The smallest absolute Gasteiger partial charge is 0 e. The Morgan fingerprint density at radius 1 is 1.25 bits per heavy atom. The van der Waals surface area contributed by atoms with Crippen LogP contribution in [0.5, 0.6) is 0 Å². The van der Waals surface area contributed by atoms with E-state index in [-0.39, 0.29) is 20.4 Å². The molecule has 1 aromatic rings. The summed E-state index contributed by atoms with van der Waals surface area (Å²) in [6.45, 7) is 0. The molecule has 0 amide bonds. The van der Waals surface area contributed by atoms with Crippen molar-refractivity contribution >= 4 is 11.6 Å². The van der Waals surface area contributed by atoms with Gasteiger partial charge in [-0.1, -0.05) is 5.02 Å². The van der Waals surface area contributed by atoms with Gasteiger partial charge in [0.25, 0.3) is 0 Å². The molecule has 1 radical (unpaired) electrons. The zero-order valence-electron chi connectivity index (χ0n) is 4.07. The molecule has 0 aliphatic heterocycles. The van der Waals surface area contributed by atoms with Crippen LogP contribution < -0.4 is 0 Å². The number of hydrogen-bond donors (Lipinski definition) is 0. The molecule has 0 saturated heterocycles. The normalized spacial score (nSPS) is 7.62. The fraction of sp³-hybridized carbons (Fsp3) is 0. The average molecular weight is 298 g/mol. The van der Waals surface area contributed by atoms with Crippen molar-refractivity contribution < 1.29 is 20.4 Å². The first-order valence-electron chi connectivity index (χ1n) is 2.01. The molecule has 0 nitrogen and oxygen atoms in total. The van der Waals surface area contributed by atoms with E-state index in [0.29, 0.717) is 0 Å². The van der Waals surface area contributed by atoms with Gasteiger partial charge in [-0.3, -0.25) is 0 Å². The largest absolute Gasteiger partial charge is 0.184 e. The van der Waals surface area contributed by atoms with Gasteiger partial charge >= 0.3 is 0 Å². The van der Waals surface area contributed by atoms with Crippen LogP contribution in [0.4, 0.5) is 0 Å². The molecule has 1 rings (SSSR count). The van der Waals surface area contributed by atoms with Gasteiger partial charge in [0.2, 0.25) is 0 Å². The molecule has 8 heavy (non-hydrogen) atoms. The summed E-state index contributed by atoms with van der Waals surface area (Å²) in [4.78, 5) is 0. The van der Waals surface area contributed by atoms with E-state index in [1.165, 1.54) is 0 Å². The van der Waals surface area contributed by atoms with E-state index in [1.54, 1.807) is 24.3 Å². The van der Waals surface area contributed by atoms with Gasteiger partial charge in [-0.2, -0.15) is 30.3 Å². The van der Waals surface area contributed by atoms with Crippen molar-refractivity contribution in [2.75, 3.05) is 0 Å². The molecule has 0 spiro atoms. The summed E-state index contributed by atoms with van der Waals surface area (Å²) in [5.74, 6) is 0. The Bertz CT molecular complexity index is 138. The molecule has 0 bridgehead atoms. The van der Waals surface area contributed by atoms with E-state index in [0.717, 1.165) is 5.02 Å². The third kappa shape index (κ3) is 2.47. The predicted octanol–water partition coefficient (Wildman–Crippen LogP) is 2.14. The van der Waals surface area contributed by atoms with E-state index < -0.39 is 0 Å². The quantitative estimate of drug-likeness (QED) is 0.644. The number of hydrogen-bond acceptors (Lipinski definition) is 0. The Morgan fingerprint density at radius 2 is 1.75 bits per heavy atom. The van der Waals surface area contributed by atoms with Gasteiger partial charge in [-0.15, -0.1) is 11.6 Å². The zero-order chi connectivity index (χ0) is 5.11. The van der Waals surface area contributed by atoms with Crippen LogP contribution in [0.25, 0.3) is 0 Å². The van der Waals surface area contributed by atoms with Gasteiger partial charge in [-0.25, -0.2) is 0 Å². The van der Waals surface area contributed by atoms with Crippen molar-refractivity contribution in [2.45, 2.75) is 0 Å². The fourth-order valence-corrected chi connectivity index (χ4v) is 0.493. The Morgan fingerprint density at radius 3 is 2.00 bits per heavy atom. The van der Waals surface area contributed by atoms with Gasteiger partial charge in [0.15, 0.2) is 0 Å². The van der Waals surface area contributed by atoms with Crippen molar-refractivity contribution in [3.8, 4) is 0 Å². The Hall–Kier alpha value is 0.172. The summed E-state index contributed by atoms with van der Waals surface area (Å²) in [5, 5.41) is 0.763. The molecule has 0 aliphatic rings. The second-order valence-corrected chi connectivity index (χ2v) is 1.65. The molecule has 0 aromatic heterocycles. The predicted molar refractivity (Wildman–Crippen MR) is 30.3 cm³/mol. The average Bonchev–Trinajstić information content (AvgIpc) is 1.69. The van der Waals surface area contributed by atoms with Crippen LogP contribution in [0, 0.1) is 6.07 Å². The van der Waals surface area contributed by atoms with Crippen LogP contribution in [-0.4, -0.2) is 0 Å². The minimum Gasteiger partial charge on any atom is -0.184 e. The molecule has 0 atom stereocenters. The second kappa shape index (κ2) is 4.09. The Kier molecular flexibility index (Phi) is 4.18. The molecular weight excluding hydrogens is 294 g/mol. The minimum atomic E-state index is 0. The van der Waals surface area contributed by atoms with Crippen molar-refractivity contribution in [3.05, 3.63) is 35.4 Å². The fourth-order valence-electron chi connectivity index (χ4n) is 0.367. The van der Waals surface area contributed by atoms with Crippen LogP contribution in [-0.2, 0) is 20.4 Å². The minimum absolute atomic E-state index is 0. The summed E-state index contributed by atoms with van der Waals surface area (Å²) in [5.41, 5.74) is 0.